The first-order valence-corrected chi connectivity index (χ1v) is 11.0. The van der Waals surface area contributed by atoms with Crippen molar-refractivity contribution in [2.45, 2.75) is 58.8 Å². The number of hydrogen-bond acceptors (Lipinski definition) is 2. The number of hydrogen-bond donors (Lipinski definition) is 0. The van der Waals surface area contributed by atoms with Gasteiger partial charge in [0.15, 0.2) is 0 Å². The molecule has 0 N–H and O–H groups in total. The molecule has 152 valence electrons. The second-order valence-electron chi connectivity index (χ2n) is 7.70. The molecule has 0 fully saturated rings. The van der Waals surface area contributed by atoms with Crippen LogP contribution in [0.3, 0.4) is 0 Å². The largest absolute Gasteiger partial charge is 0.494 e. The van der Waals surface area contributed by atoms with Crippen molar-refractivity contribution in [2.75, 3.05) is 6.61 Å². The zero-order valence-corrected chi connectivity index (χ0v) is 17.9. The number of nitrogens with zero attached hydrogens (tertiary/aromatic N) is 1. The number of benzene rings is 2. The molecular formula is C27H33NO. The first-order chi connectivity index (χ1) is 14.3. The fourth-order valence-corrected chi connectivity index (χ4v) is 3.34. The maximum atomic E-state index is 5.74. The number of aryl methyl sites for hydroxylation is 3. The van der Waals surface area contributed by atoms with E-state index < -0.39 is 0 Å². The van der Waals surface area contributed by atoms with Gasteiger partial charge >= 0.3 is 0 Å². The van der Waals surface area contributed by atoms with E-state index in [2.05, 4.69) is 79.5 Å². The molecule has 0 saturated heterocycles. The third-order valence-corrected chi connectivity index (χ3v) is 5.29. The van der Waals surface area contributed by atoms with Gasteiger partial charge in [0.25, 0.3) is 0 Å². The van der Waals surface area contributed by atoms with Crippen LogP contribution < -0.4 is 4.74 Å². The van der Waals surface area contributed by atoms with Gasteiger partial charge in [0.1, 0.15) is 5.75 Å². The molecule has 0 saturated carbocycles. The van der Waals surface area contributed by atoms with Crippen LogP contribution in [-0.4, -0.2) is 11.6 Å². The minimum absolute atomic E-state index is 0.801. The molecule has 3 rings (SSSR count). The summed E-state index contributed by atoms with van der Waals surface area (Å²) >= 11 is 0. The summed E-state index contributed by atoms with van der Waals surface area (Å²) in [5.74, 6) is 0.967. The first kappa shape index (κ1) is 21.1. The summed E-state index contributed by atoms with van der Waals surface area (Å²) in [6.45, 7) is 5.21. The van der Waals surface area contributed by atoms with Crippen molar-refractivity contribution in [2.24, 2.45) is 0 Å². The fraction of sp³-hybridized carbons (Fsp3) is 0.370. The zero-order valence-electron chi connectivity index (χ0n) is 17.9. The van der Waals surface area contributed by atoms with Gasteiger partial charge in [-0.2, -0.15) is 0 Å². The fourth-order valence-electron chi connectivity index (χ4n) is 3.34. The second-order valence-corrected chi connectivity index (χ2v) is 7.70. The van der Waals surface area contributed by atoms with E-state index in [0.717, 1.165) is 50.2 Å². The van der Waals surface area contributed by atoms with E-state index in [1.807, 2.05) is 6.20 Å². The van der Waals surface area contributed by atoms with Gasteiger partial charge in [-0.25, -0.2) is 0 Å². The highest BCUT2D eigenvalue weighted by Gasteiger charge is 2.02. The highest BCUT2D eigenvalue weighted by Crippen LogP contribution is 2.20. The third kappa shape index (κ3) is 6.74. The number of pyridine rings is 1. The molecule has 29 heavy (non-hydrogen) atoms. The SMILES string of the molecule is CCCCOc1ccc(CCc2ccc(-c3ccc(CCCC)cc3)nc2)cc1. The van der Waals surface area contributed by atoms with Gasteiger partial charge in [-0.1, -0.05) is 69.2 Å². The van der Waals surface area contributed by atoms with E-state index in [9.17, 15) is 0 Å². The Morgan fingerprint density at radius 1 is 0.655 bits per heavy atom. The number of ether oxygens (including phenoxy) is 1. The van der Waals surface area contributed by atoms with Crippen molar-refractivity contribution in [1.29, 1.82) is 0 Å². The van der Waals surface area contributed by atoms with E-state index in [-0.39, 0.29) is 0 Å². The van der Waals surface area contributed by atoms with Gasteiger partial charge in [-0.05, 0) is 67.0 Å². The Balaban J connectivity index is 1.51. The quantitative estimate of drug-likeness (QED) is 0.329. The summed E-state index contributed by atoms with van der Waals surface area (Å²) < 4.78 is 5.74. The average Bonchev–Trinajstić information content (AvgIpc) is 2.78. The molecule has 1 heterocycles. The molecule has 0 aliphatic heterocycles. The highest BCUT2D eigenvalue weighted by atomic mass is 16.5. The van der Waals surface area contributed by atoms with Crippen molar-refractivity contribution >= 4 is 0 Å². The molecule has 0 atom stereocenters. The Kier molecular flexibility index (Phi) is 8.30. The van der Waals surface area contributed by atoms with Crippen molar-refractivity contribution in [3.05, 3.63) is 83.6 Å². The van der Waals surface area contributed by atoms with Crippen LogP contribution >= 0.6 is 0 Å². The van der Waals surface area contributed by atoms with Crippen molar-refractivity contribution < 1.29 is 4.74 Å². The molecule has 2 aromatic carbocycles. The average molecular weight is 388 g/mol. The lowest BCUT2D eigenvalue weighted by atomic mass is 10.0. The van der Waals surface area contributed by atoms with Crippen LogP contribution in [0.25, 0.3) is 11.3 Å². The van der Waals surface area contributed by atoms with Crippen LogP contribution in [-0.2, 0) is 19.3 Å². The van der Waals surface area contributed by atoms with Gasteiger partial charge in [0.05, 0.1) is 12.3 Å². The third-order valence-electron chi connectivity index (χ3n) is 5.29. The van der Waals surface area contributed by atoms with Crippen molar-refractivity contribution in [1.82, 2.24) is 4.98 Å². The Bertz CT molecular complexity index is 835. The first-order valence-electron chi connectivity index (χ1n) is 11.0. The molecule has 3 aromatic rings. The lowest BCUT2D eigenvalue weighted by Crippen LogP contribution is -1.97. The molecule has 1 aromatic heterocycles. The van der Waals surface area contributed by atoms with Gasteiger partial charge in [-0.3, -0.25) is 4.98 Å². The lowest BCUT2D eigenvalue weighted by Gasteiger charge is -2.07. The van der Waals surface area contributed by atoms with Gasteiger partial charge in [-0.15, -0.1) is 0 Å². The Morgan fingerprint density at radius 2 is 1.28 bits per heavy atom. The molecule has 0 bridgehead atoms. The van der Waals surface area contributed by atoms with E-state index >= 15 is 0 Å². The molecular weight excluding hydrogens is 354 g/mol. The van der Waals surface area contributed by atoms with E-state index in [0.29, 0.717) is 0 Å². The van der Waals surface area contributed by atoms with Gasteiger partial charge < -0.3 is 4.74 Å². The van der Waals surface area contributed by atoms with Crippen LogP contribution in [0.5, 0.6) is 5.75 Å². The normalized spacial score (nSPS) is 10.8. The van der Waals surface area contributed by atoms with E-state index in [1.165, 1.54) is 35.1 Å². The van der Waals surface area contributed by atoms with Crippen LogP contribution in [0.1, 0.15) is 56.2 Å². The molecule has 0 amide bonds. The highest BCUT2D eigenvalue weighted by molar-refractivity contribution is 5.59. The summed E-state index contributed by atoms with van der Waals surface area (Å²) in [6, 6.07) is 21.7. The molecule has 0 spiro atoms. The van der Waals surface area contributed by atoms with Crippen molar-refractivity contribution in [3.63, 3.8) is 0 Å². The molecule has 2 nitrogen and oxygen atoms in total. The maximum Gasteiger partial charge on any atom is 0.119 e. The predicted molar refractivity (Wildman–Crippen MR) is 123 cm³/mol. The molecule has 2 heteroatoms. The lowest BCUT2D eigenvalue weighted by molar-refractivity contribution is 0.309. The summed E-state index contributed by atoms with van der Waals surface area (Å²) in [7, 11) is 0. The standard InChI is InChI=1S/C27H33NO/c1-3-5-7-22-10-15-25(16-11-22)27-19-14-24(21-28-27)9-8-23-12-17-26(18-13-23)29-20-6-4-2/h10-19,21H,3-9,20H2,1-2H3. The number of aromatic nitrogens is 1. The molecule has 0 unspecified atom stereocenters. The minimum atomic E-state index is 0.801. The predicted octanol–water partition coefficient (Wildman–Crippen LogP) is 7.06. The summed E-state index contributed by atoms with van der Waals surface area (Å²) in [6.07, 6.45) is 9.95. The van der Waals surface area contributed by atoms with Gasteiger partial charge in [0.2, 0.25) is 0 Å². The van der Waals surface area contributed by atoms with Gasteiger partial charge in [0, 0.05) is 11.8 Å². The van der Waals surface area contributed by atoms with Crippen LogP contribution in [0.2, 0.25) is 0 Å². The maximum absolute atomic E-state index is 5.74. The zero-order chi connectivity index (χ0) is 20.3. The second kappa shape index (κ2) is 11.4. The molecule has 0 aliphatic carbocycles. The Hall–Kier alpha value is -2.61. The number of rotatable bonds is 11. The van der Waals surface area contributed by atoms with Crippen LogP contribution in [0.4, 0.5) is 0 Å². The Morgan fingerprint density at radius 3 is 1.93 bits per heavy atom. The van der Waals surface area contributed by atoms with Crippen molar-refractivity contribution in [3.8, 4) is 17.0 Å². The van der Waals surface area contributed by atoms with Crippen LogP contribution in [0.15, 0.2) is 66.9 Å². The smallest absolute Gasteiger partial charge is 0.119 e. The van der Waals surface area contributed by atoms with E-state index in [1.54, 1.807) is 0 Å². The minimum Gasteiger partial charge on any atom is -0.494 e. The van der Waals surface area contributed by atoms with E-state index in [4.69, 9.17) is 4.74 Å². The number of unbranched alkanes of at least 4 members (excludes halogenated alkanes) is 2. The summed E-state index contributed by atoms with van der Waals surface area (Å²) in [5.41, 5.74) is 6.25. The Labute approximate surface area is 176 Å². The molecule has 0 radical (unpaired) electrons. The monoisotopic (exact) mass is 387 g/mol. The summed E-state index contributed by atoms with van der Waals surface area (Å²) in [4.78, 5) is 4.69. The molecule has 0 aliphatic rings. The van der Waals surface area contributed by atoms with Crippen LogP contribution in [0, 0.1) is 0 Å². The topological polar surface area (TPSA) is 22.1 Å². The summed E-state index contributed by atoms with van der Waals surface area (Å²) in [5, 5.41) is 0.